The van der Waals surface area contributed by atoms with Gasteiger partial charge in [-0.3, -0.25) is 4.79 Å². The first-order valence-corrected chi connectivity index (χ1v) is 7.95. The standard InChI is InChI=1S/C15H17FN2O2S2/c1-8-12(22-15(21)18-8)7-13(19)17-9(2)14-10(16)5-4-6-11(14)20-3/h4-6,9H,7H2,1-3H3,(H,17,19)(H,18,21). The van der Waals surface area contributed by atoms with E-state index in [0.717, 1.165) is 10.6 Å². The first-order chi connectivity index (χ1) is 10.4. The number of hydrogen-bond acceptors (Lipinski definition) is 4. The quantitative estimate of drug-likeness (QED) is 0.817. The Morgan fingerprint density at radius 1 is 1.55 bits per heavy atom. The number of carbonyl (C=O) groups is 1. The van der Waals surface area contributed by atoms with Gasteiger partial charge in [0, 0.05) is 10.6 Å². The number of aromatic nitrogens is 1. The van der Waals surface area contributed by atoms with Gasteiger partial charge in [0.25, 0.3) is 0 Å². The summed E-state index contributed by atoms with van der Waals surface area (Å²) in [6, 6.07) is 4.10. The minimum Gasteiger partial charge on any atom is -0.496 e. The predicted octanol–water partition coefficient (Wildman–Crippen LogP) is 3.68. The summed E-state index contributed by atoms with van der Waals surface area (Å²) >= 11 is 6.43. The molecule has 1 unspecified atom stereocenters. The molecular weight excluding hydrogens is 323 g/mol. The van der Waals surface area contributed by atoms with E-state index in [1.165, 1.54) is 24.5 Å². The van der Waals surface area contributed by atoms with E-state index < -0.39 is 11.9 Å². The lowest BCUT2D eigenvalue weighted by molar-refractivity contribution is -0.121. The number of aromatic amines is 1. The first-order valence-electron chi connectivity index (χ1n) is 6.72. The second-order valence-corrected chi connectivity index (χ2v) is 6.66. The zero-order valence-corrected chi connectivity index (χ0v) is 14.2. The van der Waals surface area contributed by atoms with Crippen molar-refractivity contribution in [3.63, 3.8) is 0 Å². The van der Waals surface area contributed by atoms with Gasteiger partial charge in [-0.1, -0.05) is 6.07 Å². The summed E-state index contributed by atoms with van der Waals surface area (Å²) in [6.07, 6.45) is 0.213. The summed E-state index contributed by atoms with van der Waals surface area (Å²) in [4.78, 5) is 16.0. The predicted molar refractivity (Wildman–Crippen MR) is 87.5 cm³/mol. The number of H-pyrrole nitrogens is 1. The number of benzene rings is 1. The van der Waals surface area contributed by atoms with E-state index in [0.29, 0.717) is 15.3 Å². The monoisotopic (exact) mass is 340 g/mol. The molecule has 1 atom stereocenters. The molecule has 1 aromatic heterocycles. The van der Waals surface area contributed by atoms with Crippen LogP contribution in [-0.4, -0.2) is 18.0 Å². The SMILES string of the molecule is COc1cccc(F)c1C(C)NC(=O)Cc1sc(=S)[nH]c1C. The van der Waals surface area contributed by atoms with E-state index in [1.54, 1.807) is 19.1 Å². The third-order valence-electron chi connectivity index (χ3n) is 3.29. The smallest absolute Gasteiger partial charge is 0.225 e. The highest BCUT2D eigenvalue weighted by atomic mass is 32.1. The van der Waals surface area contributed by atoms with Crippen molar-refractivity contribution in [3.05, 3.63) is 44.1 Å². The molecule has 0 aliphatic rings. The third kappa shape index (κ3) is 3.72. The molecule has 1 heterocycles. The minimum atomic E-state index is -0.490. The van der Waals surface area contributed by atoms with Crippen LogP contribution in [0.5, 0.6) is 5.75 Å². The van der Waals surface area contributed by atoms with Crippen LogP contribution in [-0.2, 0) is 11.2 Å². The summed E-state index contributed by atoms with van der Waals surface area (Å²) in [5.74, 6) is -0.173. The van der Waals surface area contributed by atoms with Gasteiger partial charge in [-0.2, -0.15) is 0 Å². The Hall–Kier alpha value is -1.73. The molecule has 0 spiro atoms. The Morgan fingerprint density at radius 2 is 2.27 bits per heavy atom. The van der Waals surface area contributed by atoms with Gasteiger partial charge in [-0.15, -0.1) is 11.3 Å². The van der Waals surface area contributed by atoms with Crippen molar-refractivity contribution >= 4 is 29.5 Å². The molecule has 0 saturated heterocycles. The number of thiazole rings is 1. The maximum absolute atomic E-state index is 14.0. The zero-order valence-electron chi connectivity index (χ0n) is 12.5. The van der Waals surface area contributed by atoms with Gasteiger partial charge < -0.3 is 15.0 Å². The summed E-state index contributed by atoms with van der Waals surface area (Å²) < 4.78 is 19.8. The van der Waals surface area contributed by atoms with Crippen LogP contribution in [0.25, 0.3) is 0 Å². The normalized spacial score (nSPS) is 12.0. The number of hydrogen-bond donors (Lipinski definition) is 2. The molecule has 7 heteroatoms. The molecule has 1 amide bonds. The highest BCUT2D eigenvalue weighted by molar-refractivity contribution is 7.73. The topological polar surface area (TPSA) is 54.1 Å². The number of aryl methyl sites for hydroxylation is 1. The van der Waals surface area contributed by atoms with E-state index in [2.05, 4.69) is 10.3 Å². The molecular formula is C15H17FN2O2S2. The van der Waals surface area contributed by atoms with E-state index in [-0.39, 0.29) is 12.3 Å². The summed E-state index contributed by atoms with van der Waals surface area (Å²) in [5, 5.41) is 2.80. The lowest BCUT2D eigenvalue weighted by atomic mass is 10.1. The van der Waals surface area contributed by atoms with Gasteiger partial charge in [-0.05, 0) is 38.2 Å². The molecule has 2 aromatic rings. The average molecular weight is 340 g/mol. The Balaban J connectivity index is 2.12. The van der Waals surface area contributed by atoms with Crippen LogP contribution in [0.15, 0.2) is 18.2 Å². The average Bonchev–Trinajstić information content (AvgIpc) is 2.75. The molecule has 1 aromatic carbocycles. The summed E-state index contributed by atoms with van der Waals surface area (Å²) in [5.41, 5.74) is 1.23. The summed E-state index contributed by atoms with van der Waals surface area (Å²) in [7, 11) is 1.47. The summed E-state index contributed by atoms with van der Waals surface area (Å²) in [6.45, 7) is 3.60. The van der Waals surface area contributed by atoms with Crippen molar-refractivity contribution in [1.29, 1.82) is 0 Å². The van der Waals surface area contributed by atoms with Crippen LogP contribution < -0.4 is 10.1 Å². The van der Waals surface area contributed by atoms with E-state index in [9.17, 15) is 9.18 Å². The fourth-order valence-corrected chi connectivity index (χ4v) is 3.52. The van der Waals surface area contributed by atoms with Crippen molar-refractivity contribution < 1.29 is 13.9 Å². The Bertz CT molecular complexity index is 739. The third-order valence-corrected chi connectivity index (χ3v) is 4.62. The minimum absolute atomic E-state index is 0.189. The molecule has 0 radical (unpaired) electrons. The molecule has 22 heavy (non-hydrogen) atoms. The van der Waals surface area contributed by atoms with Gasteiger partial charge in [0.05, 0.1) is 25.1 Å². The largest absolute Gasteiger partial charge is 0.496 e. The Morgan fingerprint density at radius 3 is 2.86 bits per heavy atom. The van der Waals surface area contributed by atoms with Crippen molar-refractivity contribution in [2.24, 2.45) is 0 Å². The van der Waals surface area contributed by atoms with Gasteiger partial charge in [0.15, 0.2) is 3.95 Å². The van der Waals surface area contributed by atoms with Crippen LogP contribution in [0.3, 0.4) is 0 Å². The fraction of sp³-hybridized carbons (Fsp3) is 0.333. The fourth-order valence-electron chi connectivity index (χ4n) is 2.23. The molecule has 0 aliphatic heterocycles. The van der Waals surface area contributed by atoms with Crippen LogP contribution in [0, 0.1) is 16.7 Å². The van der Waals surface area contributed by atoms with Crippen LogP contribution in [0.4, 0.5) is 4.39 Å². The van der Waals surface area contributed by atoms with Crippen molar-refractivity contribution in [3.8, 4) is 5.75 Å². The first kappa shape index (κ1) is 16.6. The Labute approximate surface area is 137 Å². The number of rotatable bonds is 5. The van der Waals surface area contributed by atoms with Crippen molar-refractivity contribution in [1.82, 2.24) is 10.3 Å². The highest BCUT2D eigenvalue weighted by Gasteiger charge is 2.19. The molecule has 4 nitrogen and oxygen atoms in total. The van der Waals surface area contributed by atoms with Crippen LogP contribution in [0.1, 0.15) is 29.1 Å². The maximum Gasteiger partial charge on any atom is 0.225 e. The van der Waals surface area contributed by atoms with Gasteiger partial charge >= 0.3 is 0 Å². The van der Waals surface area contributed by atoms with Gasteiger partial charge in [0.2, 0.25) is 5.91 Å². The maximum atomic E-state index is 14.0. The molecule has 2 N–H and O–H groups in total. The van der Waals surface area contributed by atoms with Crippen LogP contribution in [0.2, 0.25) is 0 Å². The molecule has 0 saturated carbocycles. The lowest BCUT2D eigenvalue weighted by Gasteiger charge is -2.18. The van der Waals surface area contributed by atoms with E-state index in [4.69, 9.17) is 17.0 Å². The second kappa shape index (κ2) is 7.02. The molecule has 0 aliphatic carbocycles. The van der Waals surface area contributed by atoms with Crippen molar-refractivity contribution in [2.75, 3.05) is 7.11 Å². The second-order valence-electron chi connectivity index (χ2n) is 4.88. The van der Waals surface area contributed by atoms with Crippen molar-refractivity contribution in [2.45, 2.75) is 26.3 Å². The lowest BCUT2D eigenvalue weighted by Crippen LogP contribution is -2.28. The zero-order chi connectivity index (χ0) is 16.3. The Kier molecular flexibility index (Phi) is 5.31. The van der Waals surface area contributed by atoms with Crippen LogP contribution >= 0.6 is 23.6 Å². The number of ether oxygens (including phenoxy) is 1. The van der Waals surface area contributed by atoms with Gasteiger partial charge in [-0.25, -0.2) is 4.39 Å². The number of amides is 1. The number of nitrogens with one attached hydrogen (secondary N) is 2. The van der Waals surface area contributed by atoms with Gasteiger partial charge in [0.1, 0.15) is 11.6 Å². The molecule has 0 fully saturated rings. The number of carbonyl (C=O) groups excluding carboxylic acids is 1. The molecule has 118 valence electrons. The number of halogens is 1. The molecule has 0 bridgehead atoms. The number of methoxy groups -OCH3 is 1. The van der Waals surface area contributed by atoms with E-state index >= 15 is 0 Å². The molecule has 2 rings (SSSR count). The van der Waals surface area contributed by atoms with E-state index in [1.807, 2.05) is 6.92 Å². The highest BCUT2D eigenvalue weighted by Crippen LogP contribution is 2.27.